The molecule has 1 unspecified atom stereocenters. The minimum atomic E-state index is -0.214. The van der Waals surface area contributed by atoms with E-state index in [2.05, 4.69) is 73.5 Å². The molecule has 9 nitrogen and oxygen atoms in total. The van der Waals surface area contributed by atoms with E-state index in [0.717, 1.165) is 49.5 Å². The number of fused-ring (bicyclic) bond motifs is 1. The molecule has 3 heterocycles. The molecule has 0 saturated carbocycles. The first kappa shape index (κ1) is 28.2. The highest BCUT2D eigenvalue weighted by atomic mass is 32.7. The first-order valence-corrected chi connectivity index (χ1v) is 16.8. The lowest BCUT2D eigenvalue weighted by Gasteiger charge is -2.30. The number of para-hydroxylation sites is 1. The maximum atomic E-state index is 11.1. The van der Waals surface area contributed by atoms with Gasteiger partial charge in [0.2, 0.25) is 18.3 Å². The van der Waals surface area contributed by atoms with Gasteiger partial charge in [-0.1, -0.05) is 37.4 Å². The van der Waals surface area contributed by atoms with Crippen LogP contribution in [-0.4, -0.2) is 63.4 Å². The quantitative estimate of drug-likeness (QED) is 0.157. The van der Waals surface area contributed by atoms with Gasteiger partial charge in [-0.2, -0.15) is 19.6 Å². The number of methoxy groups -OCH3 is 1. The number of benzene rings is 2. The number of hydrogen-bond acceptors (Lipinski definition) is 8. The number of ether oxygens (including phenoxy) is 1. The molecule has 1 fully saturated rings. The van der Waals surface area contributed by atoms with Crippen LogP contribution in [0, 0.1) is 6.92 Å². The molecule has 1 amide bonds. The van der Waals surface area contributed by atoms with Crippen LogP contribution in [-0.2, 0) is 4.79 Å². The third-order valence-corrected chi connectivity index (χ3v) is 12.3. The molecular formula is C29H36N7O2PS. The Bertz CT molecular complexity index is 1490. The molecule has 40 heavy (non-hydrogen) atoms. The number of anilines is 4. The highest BCUT2D eigenvalue weighted by Crippen LogP contribution is 2.56. The van der Waals surface area contributed by atoms with Crippen molar-refractivity contribution in [3.63, 3.8) is 0 Å². The lowest BCUT2D eigenvalue weighted by Crippen LogP contribution is -2.31. The second-order valence-electron chi connectivity index (χ2n) is 10.3. The van der Waals surface area contributed by atoms with Crippen LogP contribution in [0.25, 0.3) is 5.65 Å². The smallest absolute Gasteiger partial charge is 0.233 e. The number of carbonyl (C=O) groups excluding carboxylic acids is 1. The number of piperidine rings is 1. The van der Waals surface area contributed by atoms with E-state index < -0.39 is 0 Å². The summed E-state index contributed by atoms with van der Waals surface area (Å²) in [6.07, 6.45) is 4.56. The van der Waals surface area contributed by atoms with Crippen LogP contribution in [0.4, 0.5) is 23.3 Å². The summed E-state index contributed by atoms with van der Waals surface area (Å²) in [4.78, 5) is 23.7. The number of hydrogen-bond donors (Lipinski definition) is 2. The van der Waals surface area contributed by atoms with Gasteiger partial charge in [0, 0.05) is 24.1 Å². The molecule has 1 aliphatic heterocycles. The Balaban J connectivity index is 1.43. The third kappa shape index (κ3) is 6.18. The van der Waals surface area contributed by atoms with Gasteiger partial charge in [0.15, 0.2) is 5.65 Å². The van der Waals surface area contributed by atoms with Crippen molar-refractivity contribution in [2.45, 2.75) is 50.1 Å². The third-order valence-electron chi connectivity index (χ3n) is 7.31. The molecule has 0 aliphatic carbocycles. The first-order chi connectivity index (χ1) is 19.4. The molecule has 1 saturated heterocycles. The molecule has 0 bridgehead atoms. The van der Waals surface area contributed by atoms with Crippen molar-refractivity contribution in [3.8, 4) is 5.75 Å². The highest BCUT2D eigenvalue weighted by molar-refractivity contribution is 8.55. The molecule has 2 aromatic carbocycles. The normalized spacial score (nSPS) is 14.9. The van der Waals surface area contributed by atoms with Crippen molar-refractivity contribution in [1.29, 1.82) is 0 Å². The highest BCUT2D eigenvalue weighted by Gasteiger charge is 2.23. The zero-order valence-corrected chi connectivity index (χ0v) is 25.3. The Labute approximate surface area is 240 Å². The van der Waals surface area contributed by atoms with Crippen molar-refractivity contribution in [2.75, 3.05) is 37.5 Å². The van der Waals surface area contributed by atoms with Crippen LogP contribution in [0.3, 0.4) is 0 Å². The van der Waals surface area contributed by atoms with Gasteiger partial charge >= 0.3 is 0 Å². The molecule has 1 aliphatic rings. The van der Waals surface area contributed by atoms with Gasteiger partial charge in [-0.15, -0.1) is 0 Å². The lowest BCUT2D eigenvalue weighted by molar-refractivity contribution is -0.119. The van der Waals surface area contributed by atoms with Crippen LogP contribution < -0.4 is 15.4 Å². The number of aromatic nitrogens is 4. The molecule has 2 N–H and O–H groups in total. The Morgan fingerprint density at radius 3 is 2.60 bits per heavy atom. The van der Waals surface area contributed by atoms with E-state index in [1.54, 1.807) is 17.8 Å². The van der Waals surface area contributed by atoms with Crippen molar-refractivity contribution in [2.24, 2.45) is 0 Å². The van der Waals surface area contributed by atoms with Gasteiger partial charge in [-0.3, -0.25) is 4.79 Å². The first-order valence-electron chi connectivity index (χ1n) is 13.5. The molecule has 11 heteroatoms. The largest absolute Gasteiger partial charge is 0.495 e. The van der Waals surface area contributed by atoms with E-state index >= 15 is 0 Å². The Hall–Kier alpha value is -3.36. The number of aryl methyl sites for hydroxylation is 1. The predicted molar refractivity (Wildman–Crippen MR) is 165 cm³/mol. The summed E-state index contributed by atoms with van der Waals surface area (Å²) in [5, 5.41) is 11.4. The molecule has 0 radical (unpaired) electrons. The monoisotopic (exact) mass is 577 g/mol. The number of nitrogens with zero attached hydrogens (tertiary/aromatic N) is 5. The van der Waals surface area contributed by atoms with Gasteiger partial charge in [0.1, 0.15) is 5.75 Å². The van der Waals surface area contributed by atoms with Crippen molar-refractivity contribution >= 4 is 53.8 Å². The molecule has 210 valence electrons. The fraction of sp³-hybridized carbons (Fsp3) is 0.379. The van der Waals surface area contributed by atoms with E-state index in [0.29, 0.717) is 29.1 Å². The second kappa shape index (κ2) is 12.4. The predicted octanol–water partition coefficient (Wildman–Crippen LogP) is 6.79. The number of likely N-dealkylation sites (tertiary alicyclic amines) is 1. The zero-order chi connectivity index (χ0) is 28.2. The van der Waals surface area contributed by atoms with Crippen LogP contribution in [0.15, 0.2) is 53.6 Å². The van der Waals surface area contributed by atoms with Crippen LogP contribution >= 0.6 is 18.5 Å². The van der Waals surface area contributed by atoms with Gasteiger partial charge in [-0.05, 0) is 80.5 Å². The summed E-state index contributed by atoms with van der Waals surface area (Å²) in [5.41, 5.74) is 5.52. The molecular weight excluding hydrogens is 541 g/mol. The standard InChI is InChI=1S/C29H36N7O2PS/c1-19(2)39(5)40-26-9-7-6-8-23(26)32-29-34-28(33-27-10-13-30-36(27)29)31-24-16-20(3)22(17-25(24)38-4)21-11-14-35(18-37)15-12-21/h6-10,13,16-19,21H,11-12,14-15H2,1-5H3,(H2,31,32,33,34). The molecule has 1 atom stereocenters. The fourth-order valence-corrected chi connectivity index (χ4v) is 7.76. The lowest BCUT2D eigenvalue weighted by atomic mass is 9.86. The fourth-order valence-electron chi connectivity index (χ4n) is 4.84. The average Bonchev–Trinajstić information content (AvgIpc) is 3.43. The van der Waals surface area contributed by atoms with Crippen molar-refractivity contribution in [1.82, 2.24) is 24.5 Å². The minimum absolute atomic E-state index is 0.214. The van der Waals surface area contributed by atoms with E-state index in [1.165, 1.54) is 16.0 Å². The Morgan fingerprint density at radius 2 is 1.88 bits per heavy atom. The van der Waals surface area contributed by atoms with Crippen molar-refractivity contribution in [3.05, 3.63) is 59.8 Å². The summed E-state index contributed by atoms with van der Waals surface area (Å²) < 4.78 is 7.51. The number of amides is 1. The van der Waals surface area contributed by atoms with Crippen molar-refractivity contribution < 1.29 is 9.53 Å². The molecule has 0 spiro atoms. The maximum absolute atomic E-state index is 11.1. The Kier molecular flexibility index (Phi) is 8.76. The maximum Gasteiger partial charge on any atom is 0.233 e. The van der Waals surface area contributed by atoms with Crippen LogP contribution in [0.1, 0.15) is 43.7 Å². The summed E-state index contributed by atoms with van der Waals surface area (Å²) in [7, 11) is 1.46. The molecule has 2 aromatic heterocycles. The van der Waals surface area contributed by atoms with Gasteiger partial charge in [0.25, 0.3) is 0 Å². The molecule has 5 rings (SSSR count). The summed E-state index contributed by atoms with van der Waals surface area (Å²) in [6, 6.07) is 14.4. The second-order valence-corrected chi connectivity index (χ2v) is 15.3. The van der Waals surface area contributed by atoms with Gasteiger partial charge < -0.3 is 20.3 Å². The van der Waals surface area contributed by atoms with Crippen LogP contribution in [0.5, 0.6) is 5.75 Å². The van der Waals surface area contributed by atoms with E-state index in [-0.39, 0.29) is 7.12 Å². The number of carbonyl (C=O) groups is 1. The SMILES string of the molecule is COc1cc(C2CCN(C=O)CC2)c(C)cc1Nc1nc(Nc2ccccc2SP(C)C(C)C)n2nccc2n1. The molecule has 4 aromatic rings. The Morgan fingerprint density at radius 1 is 1.10 bits per heavy atom. The summed E-state index contributed by atoms with van der Waals surface area (Å²) >= 11 is 1.91. The zero-order valence-electron chi connectivity index (χ0n) is 23.6. The van der Waals surface area contributed by atoms with E-state index in [9.17, 15) is 4.79 Å². The van der Waals surface area contributed by atoms with Gasteiger partial charge in [-0.25, -0.2) is 0 Å². The number of nitrogens with one attached hydrogen (secondary N) is 2. The van der Waals surface area contributed by atoms with E-state index in [4.69, 9.17) is 14.7 Å². The topological polar surface area (TPSA) is 96.7 Å². The summed E-state index contributed by atoms with van der Waals surface area (Å²) in [6.45, 7) is 10.5. The summed E-state index contributed by atoms with van der Waals surface area (Å²) in [5.74, 6) is 2.15. The van der Waals surface area contributed by atoms with E-state index in [1.807, 2.05) is 28.4 Å². The number of rotatable bonds is 10. The van der Waals surface area contributed by atoms with Crippen LogP contribution in [0.2, 0.25) is 0 Å². The average molecular weight is 578 g/mol. The van der Waals surface area contributed by atoms with Gasteiger partial charge in [0.05, 0.1) is 24.7 Å². The minimum Gasteiger partial charge on any atom is -0.495 e.